The maximum Gasteiger partial charge on any atom is 0.421 e. The molecule has 1 aromatic heterocycles. The predicted molar refractivity (Wildman–Crippen MR) is 98.4 cm³/mol. The Morgan fingerprint density at radius 1 is 1.17 bits per heavy atom. The minimum atomic E-state index is -4.29. The van der Waals surface area contributed by atoms with Crippen molar-refractivity contribution in [3.8, 4) is 28.7 Å². The van der Waals surface area contributed by atoms with E-state index in [2.05, 4.69) is 10.2 Å². The molecule has 0 spiro atoms. The van der Waals surface area contributed by atoms with E-state index < -0.39 is 16.1 Å². The van der Waals surface area contributed by atoms with Gasteiger partial charge in [0.2, 0.25) is 11.8 Å². The van der Waals surface area contributed by atoms with Crippen molar-refractivity contribution in [1.82, 2.24) is 14.5 Å². The molecular formula is C18H15N3O7S. The molecule has 1 amide bonds. The molecule has 1 aliphatic heterocycles. The highest BCUT2D eigenvalue weighted by molar-refractivity contribution is 7.89. The van der Waals surface area contributed by atoms with E-state index in [1.54, 1.807) is 31.2 Å². The minimum absolute atomic E-state index is 0.0659. The highest BCUT2D eigenvalue weighted by atomic mass is 32.2. The molecule has 29 heavy (non-hydrogen) atoms. The Hall–Kier alpha value is -3.60. The van der Waals surface area contributed by atoms with Crippen LogP contribution in [0.4, 0.5) is 4.79 Å². The molecule has 2 aromatic carbocycles. The molecule has 0 unspecified atom stereocenters. The minimum Gasteiger partial charge on any atom is -0.490 e. The van der Waals surface area contributed by atoms with Crippen molar-refractivity contribution in [2.75, 3.05) is 13.2 Å². The summed E-state index contributed by atoms with van der Waals surface area (Å²) < 4.78 is 42.3. The van der Waals surface area contributed by atoms with Crippen molar-refractivity contribution in [2.24, 2.45) is 0 Å². The van der Waals surface area contributed by atoms with Gasteiger partial charge in [-0.25, -0.2) is 13.2 Å². The fourth-order valence-corrected chi connectivity index (χ4v) is 4.19. The van der Waals surface area contributed by atoms with Crippen LogP contribution in [0.2, 0.25) is 0 Å². The summed E-state index contributed by atoms with van der Waals surface area (Å²) in [6.45, 7) is 1.30. The van der Waals surface area contributed by atoms with Gasteiger partial charge in [0.25, 0.3) is 10.0 Å². The van der Waals surface area contributed by atoms with E-state index in [4.69, 9.17) is 13.9 Å². The number of hydrogen-bond acceptors (Lipinski definition) is 8. The van der Waals surface area contributed by atoms with Crippen LogP contribution in [-0.2, 0) is 10.0 Å². The summed E-state index contributed by atoms with van der Waals surface area (Å²) in [6, 6.07) is 11.0. The fraction of sp³-hybridized carbons (Fsp3) is 0.167. The Morgan fingerprint density at radius 2 is 1.97 bits per heavy atom. The number of fused-ring (bicyclic) bond motifs is 1. The molecule has 10 nitrogen and oxygen atoms in total. The Balaban J connectivity index is 1.67. The van der Waals surface area contributed by atoms with Gasteiger partial charge >= 0.3 is 6.09 Å². The Labute approximate surface area is 165 Å². The molecule has 1 N–H and O–H groups in total. The van der Waals surface area contributed by atoms with Crippen LogP contribution in [0.1, 0.15) is 5.89 Å². The number of rotatable bonds is 3. The Morgan fingerprint density at radius 3 is 2.69 bits per heavy atom. The fourth-order valence-electron chi connectivity index (χ4n) is 2.79. The second-order valence-electron chi connectivity index (χ2n) is 6.07. The molecule has 4 rings (SSSR count). The summed E-state index contributed by atoms with van der Waals surface area (Å²) in [5.74, 6) is 1.41. The number of carboxylic acid groups (broad SMARTS) is 1. The lowest BCUT2D eigenvalue weighted by Gasteiger charge is -2.16. The van der Waals surface area contributed by atoms with Gasteiger partial charge in [-0.1, -0.05) is 6.07 Å². The van der Waals surface area contributed by atoms with Gasteiger partial charge in [-0.3, -0.25) is 0 Å². The molecule has 0 radical (unpaired) electrons. The van der Waals surface area contributed by atoms with E-state index in [1.807, 2.05) is 0 Å². The van der Waals surface area contributed by atoms with E-state index in [0.717, 1.165) is 0 Å². The smallest absolute Gasteiger partial charge is 0.421 e. The van der Waals surface area contributed by atoms with Crippen molar-refractivity contribution in [3.63, 3.8) is 0 Å². The lowest BCUT2D eigenvalue weighted by molar-refractivity contribution is 0.167. The number of sulfonamides is 1. The summed E-state index contributed by atoms with van der Waals surface area (Å²) in [6.07, 6.45) is -1.57. The number of ether oxygens (including phenoxy) is 2. The monoisotopic (exact) mass is 417 g/mol. The van der Waals surface area contributed by atoms with E-state index >= 15 is 0 Å². The van der Waals surface area contributed by atoms with Gasteiger partial charge in [-0.05, 0) is 30.3 Å². The van der Waals surface area contributed by atoms with Crippen molar-refractivity contribution in [1.29, 1.82) is 0 Å². The predicted octanol–water partition coefficient (Wildman–Crippen LogP) is 2.90. The van der Waals surface area contributed by atoms with Crippen LogP contribution in [-0.4, -0.2) is 47.3 Å². The first-order valence-electron chi connectivity index (χ1n) is 8.45. The third-order valence-electron chi connectivity index (χ3n) is 4.09. The van der Waals surface area contributed by atoms with Crippen LogP contribution in [0, 0.1) is 6.92 Å². The van der Waals surface area contributed by atoms with Gasteiger partial charge in [-0.15, -0.1) is 10.2 Å². The van der Waals surface area contributed by atoms with Gasteiger partial charge in [-0.2, -0.15) is 4.31 Å². The number of hydrogen-bond donors (Lipinski definition) is 1. The van der Waals surface area contributed by atoms with Crippen LogP contribution in [0.5, 0.6) is 17.2 Å². The first kappa shape index (κ1) is 18.7. The zero-order valence-corrected chi connectivity index (χ0v) is 15.9. The normalized spacial score (nSPS) is 15.1. The topological polar surface area (TPSA) is 132 Å². The zero-order valence-electron chi connectivity index (χ0n) is 15.1. The SMILES string of the molecule is Cc1nnc(-c2cccc(Oc3ccc4c(c3)S(=O)(=O)N(C(=O)O)CCO4)c2)o1. The van der Waals surface area contributed by atoms with Crippen molar-refractivity contribution in [3.05, 3.63) is 48.4 Å². The molecule has 3 aromatic rings. The molecule has 0 saturated heterocycles. The summed E-state index contributed by atoms with van der Waals surface area (Å²) in [4.78, 5) is 11.0. The van der Waals surface area contributed by atoms with Crippen LogP contribution in [0.3, 0.4) is 0 Å². The summed E-state index contributed by atoms with van der Waals surface area (Å²) in [5, 5.41) is 16.9. The van der Waals surface area contributed by atoms with Crippen LogP contribution in [0.15, 0.2) is 51.8 Å². The number of nitrogens with zero attached hydrogens (tertiary/aromatic N) is 3. The van der Waals surface area contributed by atoms with E-state index in [-0.39, 0.29) is 29.5 Å². The highest BCUT2D eigenvalue weighted by Gasteiger charge is 2.34. The third kappa shape index (κ3) is 3.59. The number of aromatic nitrogens is 2. The molecule has 0 saturated carbocycles. The van der Waals surface area contributed by atoms with Gasteiger partial charge < -0.3 is 19.0 Å². The Kier molecular flexibility index (Phi) is 4.59. The largest absolute Gasteiger partial charge is 0.490 e. The van der Waals surface area contributed by atoms with E-state index in [1.165, 1.54) is 18.2 Å². The third-order valence-corrected chi connectivity index (χ3v) is 5.89. The average Bonchev–Trinajstić information content (AvgIpc) is 3.06. The summed E-state index contributed by atoms with van der Waals surface area (Å²) in [7, 11) is -4.29. The van der Waals surface area contributed by atoms with Crippen molar-refractivity contribution in [2.45, 2.75) is 11.8 Å². The number of carbonyl (C=O) groups is 1. The molecule has 0 aliphatic carbocycles. The maximum absolute atomic E-state index is 12.7. The quantitative estimate of drug-likeness (QED) is 0.683. The number of amides is 1. The van der Waals surface area contributed by atoms with Crippen LogP contribution < -0.4 is 9.47 Å². The second-order valence-corrected chi connectivity index (χ2v) is 7.90. The summed E-state index contributed by atoms with van der Waals surface area (Å²) in [5.41, 5.74) is 0.630. The maximum atomic E-state index is 12.7. The van der Waals surface area contributed by atoms with Crippen molar-refractivity contribution >= 4 is 16.1 Å². The molecule has 11 heteroatoms. The standard InChI is InChI=1S/C18H15N3O7S/c1-11-19-20-17(27-11)12-3-2-4-13(9-12)28-14-5-6-15-16(10-14)29(24,25)21(18(22)23)7-8-26-15/h2-6,9-10H,7-8H2,1H3,(H,22,23). The van der Waals surface area contributed by atoms with E-state index in [9.17, 15) is 18.3 Å². The van der Waals surface area contributed by atoms with Crippen LogP contribution >= 0.6 is 0 Å². The lowest BCUT2D eigenvalue weighted by Crippen LogP contribution is -2.36. The molecular weight excluding hydrogens is 402 g/mol. The van der Waals surface area contributed by atoms with Gasteiger partial charge in [0.1, 0.15) is 28.8 Å². The highest BCUT2D eigenvalue weighted by Crippen LogP contribution is 2.35. The molecule has 150 valence electrons. The molecule has 0 fully saturated rings. The van der Waals surface area contributed by atoms with Crippen molar-refractivity contribution < 1.29 is 32.2 Å². The first-order chi connectivity index (χ1) is 13.8. The van der Waals surface area contributed by atoms with Crippen LogP contribution in [0.25, 0.3) is 11.5 Å². The average molecular weight is 417 g/mol. The van der Waals surface area contributed by atoms with Gasteiger partial charge in [0.05, 0.1) is 6.54 Å². The van der Waals surface area contributed by atoms with Gasteiger partial charge in [0, 0.05) is 18.6 Å². The molecule has 2 heterocycles. The summed E-state index contributed by atoms with van der Waals surface area (Å²) >= 11 is 0. The first-order valence-corrected chi connectivity index (χ1v) is 9.89. The molecule has 0 bridgehead atoms. The number of aryl methyl sites for hydroxylation is 1. The Bertz CT molecular complexity index is 1190. The zero-order chi connectivity index (χ0) is 20.6. The van der Waals surface area contributed by atoms with E-state index in [0.29, 0.717) is 27.4 Å². The number of benzene rings is 2. The molecule has 0 atom stereocenters. The second kappa shape index (κ2) is 7.09. The molecule has 1 aliphatic rings. The lowest BCUT2D eigenvalue weighted by atomic mass is 10.2. The van der Waals surface area contributed by atoms with Gasteiger partial charge in [0.15, 0.2) is 0 Å².